The molecule has 112 valence electrons. The van der Waals surface area contributed by atoms with E-state index in [0.717, 1.165) is 11.3 Å². The zero-order chi connectivity index (χ0) is 14.8. The lowest BCUT2D eigenvalue weighted by atomic mass is 9.94. The molecule has 1 aromatic rings. The summed E-state index contributed by atoms with van der Waals surface area (Å²) in [4.78, 5) is 1.95. The van der Waals surface area contributed by atoms with Gasteiger partial charge in [0.2, 0.25) is 0 Å². The zero-order valence-corrected chi connectivity index (χ0v) is 11.5. The van der Waals surface area contributed by atoms with Gasteiger partial charge in [0, 0.05) is 24.3 Å². The average Bonchev–Trinajstić information content (AvgIpc) is 2.45. The van der Waals surface area contributed by atoms with Gasteiger partial charge in [0.15, 0.2) is 0 Å². The molecular formula is C15H20F3NO. The highest BCUT2D eigenvalue weighted by molar-refractivity contribution is 5.55. The van der Waals surface area contributed by atoms with E-state index in [1.165, 1.54) is 0 Å². The summed E-state index contributed by atoms with van der Waals surface area (Å²) in [6.45, 7) is 2.66. The highest BCUT2D eigenvalue weighted by Gasteiger charge is 2.41. The largest absolute Gasteiger partial charge is 0.391 e. The van der Waals surface area contributed by atoms with Crippen molar-refractivity contribution >= 4 is 5.69 Å². The minimum Gasteiger partial charge on any atom is -0.388 e. The van der Waals surface area contributed by atoms with E-state index in [9.17, 15) is 18.3 Å². The van der Waals surface area contributed by atoms with Crippen LogP contribution in [0.25, 0.3) is 0 Å². The van der Waals surface area contributed by atoms with Crippen LogP contribution in [0.15, 0.2) is 24.3 Å². The molecule has 0 unspecified atom stereocenters. The van der Waals surface area contributed by atoms with Crippen molar-refractivity contribution in [3.8, 4) is 0 Å². The first kappa shape index (κ1) is 15.2. The third-order valence-corrected chi connectivity index (χ3v) is 3.98. The summed E-state index contributed by atoms with van der Waals surface area (Å²) < 4.78 is 38.0. The smallest absolute Gasteiger partial charge is 0.388 e. The van der Waals surface area contributed by atoms with Gasteiger partial charge in [-0.1, -0.05) is 25.1 Å². The number of benzene rings is 1. The van der Waals surface area contributed by atoms with Crippen LogP contribution in [-0.2, 0) is 0 Å². The number of piperidine rings is 1. The number of aliphatic hydroxyl groups is 1. The van der Waals surface area contributed by atoms with Crippen molar-refractivity contribution in [1.29, 1.82) is 0 Å². The van der Waals surface area contributed by atoms with Crippen LogP contribution in [0.5, 0.6) is 0 Å². The maximum Gasteiger partial charge on any atom is 0.391 e. The van der Waals surface area contributed by atoms with Crippen molar-refractivity contribution < 1.29 is 18.3 Å². The number of alkyl halides is 3. The Hall–Kier alpha value is -1.23. The second kappa shape index (κ2) is 6.04. The Kier molecular flexibility index (Phi) is 4.58. The monoisotopic (exact) mass is 287 g/mol. The summed E-state index contributed by atoms with van der Waals surface area (Å²) in [5.41, 5.74) is 1.67. The minimum atomic E-state index is -4.09. The first-order chi connectivity index (χ1) is 9.43. The van der Waals surface area contributed by atoms with E-state index >= 15 is 0 Å². The van der Waals surface area contributed by atoms with E-state index in [1.54, 1.807) is 0 Å². The van der Waals surface area contributed by atoms with Crippen molar-refractivity contribution in [2.75, 3.05) is 18.0 Å². The molecule has 1 fully saturated rings. The van der Waals surface area contributed by atoms with E-state index in [2.05, 4.69) is 0 Å². The van der Waals surface area contributed by atoms with Crippen LogP contribution in [-0.4, -0.2) is 24.4 Å². The molecule has 0 amide bonds. The third kappa shape index (κ3) is 3.26. The van der Waals surface area contributed by atoms with E-state index < -0.39 is 18.2 Å². The third-order valence-electron chi connectivity index (χ3n) is 3.98. The van der Waals surface area contributed by atoms with Gasteiger partial charge >= 0.3 is 6.18 Å². The lowest BCUT2D eigenvalue weighted by Gasteiger charge is -2.36. The second-order valence-corrected chi connectivity index (χ2v) is 5.29. The van der Waals surface area contributed by atoms with Crippen LogP contribution < -0.4 is 4.90 Å². The van der Waals surface area contributed by atoms with E-state index in [-0.39, 0.29) is 12.8 Å². The van der Waals surface area contributed by atoms with Gasteiger partial charge in [-0.05, 0) is 25.3 Å². The van der Waals surface area contributed by atoms with Crippen molar-refractivity contribution in [3.05, 3.63) is 29.8 Å². The number of rotatable bonds is 3. The number of hydrogen-bond acceptors (Lipinski definition) is 2. The molecule has 0 bridgehead atoms. The lowest BCUT2D eigenvalue weighted by molar-refractivity contribution is -0.179. The Balaban J connectivity index is 2.11. The predicted octanol–water partition coefficient (Wildman–Crippen LogP) is 3.91. The minimum absolute atomic E-state index is 0.125. The fourth-order valence-electron chi connectivity index (χ4n) is 2.72. The van der Waals surface area contributed by atoms with Crippen molar-refractivity contribution in [3.63, 3.8) is 0 Å². The molecule has 0 spiro atoms. The summed E-state index contributed by atoms with van der Waals surface area (Å²) in [5.74, 6) is -1.19. The van der Waals surface area contributed by atoms with E-state index in [1.807, 2.05) is 36.1 Å². The standard InChI is InChI=1S/C15H20F3NO/c1-2-14(20)12-5-3-4-6-13(12)19-9-7-11(8-10-19)15(16,17)18/h3-6,11,14,20H,2,7-10H2,1H3/t14-/m0/s1. The van der Waals surface area contributed by atoms with Crippen LogP contribution in [0, 0.1) is 5.92 Å². The summed E-state index contributed by atoms with van der Waals surface area (Å²) in [7, 11) is 0. The number of halogens is 3. The van der Waals surface area contributed by atoms with Gasteiger partial charge in [-0.2, -0.15) is 13.2 Å². The molecular weight excluding hydrogens is 267 g/mol. The van der Waals surface area contributed by atoms with Crippen molar-refractivity contribution in [2.45, 2.75) is 38.5 Å². The molecule has 1 saturated heterocycles. The number of nitrogens with zero attached hydrogens (tertiary/aromatic N) is 1. The lowest BCUT2D eigenvalue weighted by Crippen LogP contribution is -2.39. The summed E-state index contributed by atoms with van der Waals surface area (Å²) >= 11 is 0. The molecule has 1 aliphatic rings. The van der Waals surface area contributed by atoms with Gasteiger partial charge in [-0.25, -0.2) is 0 Å². The number of para-hydroxylation sites is 1. The molecule has 20 heavy (non-hydrogen) atoms. The van der Waals surface area contributed by atoms with Crippen LogP contribution in [0.3, 0.4) is 0 Å². The van der Waals surface area contributed by atoms with Crippen molar-refractivity contribution in [1.82, 2.24) is 0 Å². The predicted molar refractivity (Wildman–Crippen MR) is 72.7 cm³/mol. The molecule has 0 aliphatic carbocycles. The van der Waals surface area contributed by atoms with Crippen molar-refractivity contribution in [2.24, 2.45) is 5.92 Å². The Morgan fingerprint density at radius 3 is 2.40 bits per heavy atom. The normalized spacial score (nSPS) is 19.1. The molecule has 1 aromatic carbocycles. The van der Waals surface area contributed by atoms with Gasteiger partial charge in [-0.3, -0.25) is 0 Å². The highest BCUT2D eigenvalue weighted by atomic mass is 19.4. The Bertz CT molecular complexity index is 439. The number of hydrogen-bond donors (Lipinski definition) is 1. The number of anilines is 1. The van der Waals surface area contributed by atoms with E-state index in [4.69, 9.17) is 0 Å². The summed E-state index contributed by atoms with van der Waals surface area (Å²) in [6.07, 6.45) is -3.81. The molecule has 0 saturated carbocycles. The quantitative estimate of drug-likeness (QED) is 0.911. The second-order valence-electron chi connectivity index (χ2n) is 5.29. The maximum atomic E-state index is 12.7. The Labute approximate surface area is 117 Å². The van der Waals surface area contributed by atoms with Gasteiger partial charge < -0.3 is 10.0 Å². The first-order valence-corrected chi connectivity index (χ1v) is 7.02. The fourth-order valence-corrected chi connectivity index (χ4v) is 2.72. The maximum absolute atomic E-state index is 12.7. The molecule has 1 N–H and O–H groups in total. The highest BCUT2D eigenvalue weighted by Crippen LogP contribution is 2.37. The molecule has 1 aliphatic heterocycles. The molecule has 2 rings (SSSR count). The van der Waals surface area contributed by atoms with E-state index in [0.29, 0.717) is 19.5 Å². The van der Waals surface area contributed by atoms with Crippen LogP contribution in [0.2, 0.25) is 0 Å². The summed E-state index contributed by atoms with van der Waals surface area (Å²) in [6, 6.07) is 7.43. The Morgan fingerprint density at radius 2 is 1.85 bits per heavy atom. The molecule has 0 aromatic heterocycles. The fraction of sp³-hybridized carbons (Fsp3) is 0.600. The SMILES string of the molecule is CC[C@H](O)c1ccccc1N1CCC(C(F)(F)F)CC1. The molecule has 1 atom stereocenters. The molecule has 1 heterocycles. The van der Waals surface area contributed by atoms with Crippen LogP contribution in [0.4, 0.5) is 18.9 Å². The molecule has 0 radical (unpaired) electrons. The number of aliphatic hydroxyl groups excluding tert-OH is 1. The zero-order valence-electron chi connectivity index (χ0n) is 11.5. The first-order valence-electron chi connectivity index (χ1n) is 7.02. The molecule has 5 heteroatoms. The topological polar surface area (TPSA) is 23.5 Å². The van der Waals surface area contributed by atoms with Gasteiger partial charge in [0.1, 0.15) is 0 Å². The van der Waals surface area contributed by atoms with Crippen LogP contribution >= 0.6 is 0 Å². The van der Waals surface area contributed by atoms with Crippen LogP contribution in [0.1, 0.15) is 37.9 Å². The van der Waals surface area contributed by atoms with Gasteiger partial charge in [0.25, 0.3) is 0 Å². The van der Waals surface area contributed by atoms with Gasteiger partial charge in [0.05, 0.1) is 12.0 Å². The molecule has 2 nitrogen and oxygen atoms in total. The summed E-state index contributed by atoms with van der Waals surface area (Å²) in [5, 5.41) is 10.0. The van der Waals surface area contributed by atoms with Gasteiger partial charge in [-0.15, -0.1) is 0 Å². The average molecular weight is 287 g/mol. The Morgan fingerprint density at radius 1 is 1.25 bits per heavy atom.